The molecule has 3 nitrogen and oxygen atoms in total. The van der Waals surface area contributed by atoms with Crippen LogP contribution in [0.2, 0.25) is 0 Å². The minimum absolute atomic E-state index is 0.972. The summed E-state index contributed by atoms with van der Waals surface area (Å²) in [5.74, 6) is 0. The van der Waals surface area contributed by atoms with Crippen molar-refractivity contribution < 1.29 is 0 Å². The second-order valence-corrected chi connectivity index (χ2v) is 7.22. The number of thiocarbonyl (C=S) groups is 1. The Morgan fingerprint density at radius 3 is 2.00 bits per heavy atom. The van der Waals surface area contributed by atoms with E-state index in [1.165, 1.54) is 16.9 Å². The number of hydrogen-bond acceptors (Lipinski definition) is 3. The van der Waals surface area contributed by atoms with Gasteiger partial charge in [0.05, 0.1) is 0 Å². The molecule has 0 bridgehead atoms. The summed E-state index contributed by atoms with van der Waals surface area (Å²) in [6, 6.07) is 17.5. The van der Waals surface area contributed by atoms with E-state index in [4.69, 9.17) is 12.2 Å². The molecule has 4 heteroatoms. The summed E-state index contributed by atoms with van der Waals surface area (Å²) in [5, 5.41) is 0. The molecule has 0 radical (unpaired) electrons. The van der Waals surface area contributed by atoms with E-state index in [1.807, 2.05) is 0 Å². The summed E-state index contributed by atoms with van der Waals surface area (Å²) in [4.78, 5) is 8.11. The van der Waals surface area contributed by atoms with E-state index in [9.17, 15) is 0 Å². The van der Waals surface area contributed by atoms with Crippen molar-refractivity contribution in [3.63, 3.8) is 0 Å². The third kappa shape index (κ3) is 4.18. The molecule has 0 aliphatic carbocycles. The number of nitrogens with zero attached hydrogens (tertiary/aromatic N) is 3. The number of hydrogen-bond donors (Lipinski definition) is 0. The van der Waals surface area contributed by atoms with Crippen LogP contribution in [0.15, 0.2) is 48.5 Å². The summed E-state index contributed by atoms with van der Waals surface area (Å²) >= 11 is 5.77. The molecule has 0 spiro atoms. The molecule has 0 aromatic heterocycles. The van der Waals surface area contributed by atoms with Gasteiger partial charge in [0.2, 0.25) is 0 Å². The monoisotopic (exact) mass is 367 g/mol. The van der Waals surface area contributed by atoms with Crippen molar-refractivity contribution in [1.82, 2.24) is 4.90 Å². The van der Waals surface area contributed by atoms with Crippen LogP contribution in [0.1, 0.15) is 25.0 Å². The summed E-state index contributed by atoms with van der Waals surface area (Å²) < 4.78 is 0. The summed E-state index contributed by atoms with van der Waals surface area (Å²) in [5.41, 5.74) is 5.04. The van der Waals surface area contributed by atoms with Gasteiger partial charge in [-0.2, -0.15) is 0 Å². The Bertz CT molecular complexity index is 712. The fourth-order valence-corrected chi connectivity index (χ4v) is 3.83. The molecule has 1 aliphatic heterocycles. The molecule has 3 rings (SSSR count). The molecule has 1 heterocycles. The van der Waals surface area contributed by atoms with E-state index >= 15 is 0 Å². The SMILES string of the molecule is CCN(CC)c1ccc(C(=S)N2CCN(c3ccc(C)cc3)CC2)cc1. The van der Waals surface area contributed by atoms with E-state index in [0.29, 0.717) is 0 Å². The molecule has 0 atom stereocenters. The summed E-state index contributed by atoms with van der Waals surface area (Å²) in [6.07, 6.45) is 0. The Hall–Kier alpha value is -2.07. The molecule has 2 aromatic rings. The zero-order valence-corrected chi connectivity index (χ0v) is 16.9. The third-order valence-corrected chi connectivity index (χ3v) is 5.70. The standard InChI is InChI=1S/C22H29N3S/c1-4-23(5-2)20-12-8-19(9-13-20)22(26)25-16-14-24(15-17-25)21-10-6-18(3)7-11-21/h6-13H,4-5,14-17H2,1-3H3. The Balaban J connectivity index is 1.60. The highest BCUT2D eigenvalue weighted by Gasteiger charge is 2.20. The number of rotatable bonds is 5. The molecule has 2 aromatic carbocycles. The molecule has 1 fully saturated rings. The lowest BCUT2D eigenvalue weighted by atomic mass is 10.1. The van der Waals surface area contributed by atoms with Gasteiger partial charge >= 0.3 is 0 Å². The van der Waals surface area contributed by atoms with Crippen LogP contribution < -0.4 is 9.80 Å². The van der Waals surface area contributed by atoms with Gasteiger partial charge in [0.15, 0.2) is 0 Å². The highest BCUT2D eigenvalue weighted by molar-refractivity contribution is 7.80. The molecular weight excluding hydrogens is 338 g/mol. The average molecular weight is 368 g/mol. The first kappa shape index (κ1) is 18.7. The fourth-order valence-electron chi connectivity index (χ4n) is 3.51. The minimum atomic E-state index is 0.972. The first-order valence-corrected chi connectivity index (χ1v) is 9.99. The van der Waals surface area contributed by atoms with Gasteiger partial charge in [0.25, 0.3) is 0 Å². The van der Waals surface area contributed by atoms with Gasteiger partial charge in [-0.25, -0.2) is 0 Å². The van der Waals surface area contributed by atoms with Crippen LogP contribution in [-0.2, 0) is 0 Å². The normalized spacial score (nSPS) is 14.4. The lowest BCUT2D eigenvalue weighted by Gasteiger charge is -2.37. The topological polar surface area (TPSA) is 9.72 Å². The second-order valence-electron chi connectivity index (χ2n) is 6.83. The van der Waals surface area contributed by atoms with Crippen molar-refractivity contribution >= 4 is 28.6 Å². The second kappa shape index (κ2) is 8.54. The molecule has 0 unspecified atom stereocenters. The van der Waals surface area contributed by atoms with Gasteiger partial charge in [0, 0.05) is 56.2 Å². The quantitative estimate of drug-likeness (QED) is 0.727. The molecule has 1 aliphatic rings. The number of piperazine rings is 1. The lowest BCUT2D eigenvalue weighted by molar-refractivity contribution is 0.392. The zero-order chi connectivity index (χ0) is 18.5. The summed E-state index contributed by atoms with van der Waals surface area (Å²) in [7, 11) is 0. The highest BCUT2D eigenvalue weighted by Crippen LogP contribution is 2.20. The number of aryl methyl sites for hydroxylation is 1. The van der Waals surface area contributed by atoms with Crippen LogP contribution in [0.25, 0.3) is 0 Å². The number of anilines is 2. The van der Waals surface area contributed by atoms with Gasteiger partial charge < -0.3 is 14.7 Å². The van der Waals surface area contributed by atoms with Crippen LogP contribution in [0.4, 0.5) is 11.4 Å². The van der Waals surface area contributed by atoms with Crippen molar-refractivity contribution in [2.75, 3.05) is 49.1 Å². The van der Waals surface area contributed by atoms with Gasteiger partial charge in [-0.3, -0.25) is 0 Å². The molecule has 0 saturated carbocycles. The Labute approximate surface area is 163 Å². The maximum atomic E-state index is 5.77. The van der Waals surface area contributed by atoms with Crippen LogP contribution in [0, 0.1) is 6.92 Å². The van der Waals surface area contributed by atoms with Crippen LogP contribution in [-0.4, -0.2) is 49.2 Å². The maximum Gasteiger partial charge on any atom is 0.109 e. The van der Waals surface area contributed by atoms with Gasteiger partial charge in [-0.05, 0) is 57.2 Å². The summed E-state index contributed by atoms with van der Waals surface area (Å²) in [6.45, 7) is 12.6. The molecule has 138 valence electrons. The smallest absolute Gasteiger partial charge is 0.109 e. The van der Waals surface area contributed by atoms with Gasteiger partial charge in [-0.1, -0.05) is 29.9 Å². The van der Waals surface area contributed by atoms with Crippen molar-refractivity contribution in [2.45, 2.75) is 20.8 Å². The molecule has 26 heavy (non-hydrogen) atoms. The Kier molecular flexibility index (Phi) is 6.15. The van der Waals surface area contributed by atoms with E-state index in [-0.39, 0.29) is 0 Å². The molecule has 0 amide bonds. The van der Waals surface area contributed by atoms with Crippen molar-refractivity contribution in [2.24, 2.45) is 0 Å². The largest absolute Gasteiger partial charge is 0.372 e. The Morgan fingerprint density at radius 2 is 1.46 bits per heavy atom. The average Bonchev–Trinajstić information content (AvgIpc) is 2.70. The molecular formula is C22H29N3S. The van der Waals surface area contributed by atoms with Gasteiger partial charge in [-0.15, -0.1) is 0 Å². The molecule has 0 N–H and O–H groups in total. The van der Waals surface area contributed by atoms with Crippen molar-refractivity contribution in [1.29, 1.82) is 0 Å². The minimum Gasteiger partial charge on any atom is -0.372 e. The first-order chi connectivity index (χ1) is 12.6. The molecule has 1 saturated heterocycles. The predicted octanol–water partition coefficient (Wildman–Crippen LogP) is 4.34. The lowest BCUT2D eigenvalue weighted by Crippen LogP contribution is -2.48. The highest BCUT2D eigenvalue weighted by atomic mass is 32.1. The predicted molar refractivity (Wildman–Crippen MR) is 117 cm³/mol. The van der Waals surface area contributed by atoms with E-state index in [1.54, 1.807) is 0 Å². The van der Waals surface area contributed by atoms with Crippen molar-refractivity contribution in [3.8, 4) is 0 Å². The van der Waals surface area contributed by atoms with E-state index < -0.39 is 0 Å². The van der Waals surface area contributed by atoms with Crippen LogP contribution in [0.3, 0.4) is 0 Å². The Morgan fingerprint density at radius 1 is 0.885 bits per heavy atom. The van der Waals surface area contributed by atoms with Gasteiger partial charge in [0.1, 0.15) is 4.99 Å². The third-order valence-electron chi connectivity index (χ3n) is 5.21. The first-order valence-electron chi connectivity index (χ1n) is 9.58. The van der Waals surface area contributed by atoms with Crippen LogP contribution in [0.5, 0.6) is 0 Å². The fraction of sp³-hybridized carbons (Fsp3) is 0.409. The zero-order valence-electron chi connectivity index (χ0n) is 16.1. The van der Waals surface area contributed by atoms with Crippen LogP contribution >= 0.6 is 12.2 Å². The van der Waals surface area contributed by atoms with E-state index in [2.05, 4.69) is 84.0 Å². The maximum absolute atomic E-state index is 5.77. The number of benzene rings is 2. The van der Waals surface area contributed by atoms with E-state index in [0.717, 1.165) is 49.8 Å². The van der Waals surface area contributed by atoms with Crippen molar-refractivity contribution in [3.05, 3.63) is 59.7 Å².